The molecule has 148 valence electrons. The van der Waals surface area contributed by atoms with Gasteiger partial charge in [0.25, 0.3) is 10.0 Å². The van der Waals surface area contributed by atoms with Gasteiger partial charge in [0.2, 0.25) is 5.91 Å². The molecule has 1 aliphatic rings. The molecule has 1 N–H and O–H groups in total. The Morgan fingerprint density at radius 1 is 1.35 bits per heavy atom. The first-order valence-electron chi connectivity index (χ1n) is 8.69. The van der Waals surface area contributed by atoms with Crippen molar-refractivity contribution >= 4 is 43.2 Å². The smallest absolute Gasteiger partial charge is 0.252 e. The van der Waals surface area contributed by atoms with Crippen molar-refractivity contribution in [2.24, 2.45) is 11.3 Å². The first-order valence-corrected chi connectivity index (χ1v) is 11.7. The maximum Gasteiger partial charge on any atom is 0.252 e. The van der Waals surface area contributed by atoms with Gasteiger partial charge in [-0.05, 0) is 60.4 Å². The lowest BCUT2D eigenvalue weighted by Gasteiger charge is -2.32. The van der Waals surface area contributed by atoms with E-state index in [0.717, 1.165) is 10.3 Å². The normalized spacial score (nSPS) is 17.6. The summed E-state index contributed by atoms with van der Waals surface area (Å²) >= 11 is 4.52. The van der Waals surface area contributed by atoms with Gasteiger partial charge in [-0.2, -0.15) is 4.31 Å². The third-order valence-corrected chi connectivity index (χ3v) is 8.44. The van der Waals surface area contributed by atoms with E-state index in [4.69, 9.17) is 0 Å². The molecule has 0 aliphatic carbocycles. The lowest BCUT2D eigenvalue weighted by atomic mass is 9.91. The minimum Gasteiger partial charge on any atom is -0.355 e. The highest BCUT2D eigenvalue weighted by Gasteiger charge is 2.33. The average Bonchev–Trinajstić information content (AvgIpc) is 2.99. The molecule has 1 aromatic rings. The van der Waals surface area contributed by atoms with Gasteiger partial charge in [0.1, 0.15) is 4.21 Å². The highest BCUT2D eigenvalue weighted by Crippen LogP contribution is 2.30. The van der Waals surface area contributed by atoms with E-state index in [9.17, 15) is 13.2 Å². The molecular weight excluding hydrogens is 438 g/mol. The van der Waals surface area contributed by atoms with Gasteiger partial charge in [-0.25, -0.2) is 8.42 Å². The fourth-order valence-electron chi connectivity index (χ4n) is 3.30. The highest BCUT2D eigenvalue weighted by atomic mass is 79.9. The predicted molar refractivity (Wildman–Crippen MR) is 109 cm³/mol. The summed E-state index contributed by atoms with van der Waals surface area (Å²) in [6.07, 6.45) is 1.12. The summed E-state index contributed by atoms with van der Waals surface area (Å²) in [6.45, 7) is 6.53. The SMILES string of the molecule is CN(C)CC(C)(C)CNC(=O)C1CCN(S(=O)(=O)c2ccc(Br)s2)CC1. The fraction of sp³-hybridized carbons (Fsp3) is 0.706. The molecule has 2 heterocycles. The summed E-state index contributed by atoms with van der Waals surface area (Å²) in [5.41, 5.74) is -0.00421. The van der Waals surface area contributed by atoms with Gasteiger partial charge in [0.15, 0.2) is 0 Å². The van der Waals surface area contributed by atoms with E-state index in [2.05, 4.69) is 40.0 Å². The number of hydrogen-bond donors (Lipinski definition) is 1. The van der Waals surface area contributed by atoms with Gasteiger partial charge in [-0.1, -0.05) is 13.8 Å². The standard InChI is InChI=1S/C17H28BrN3O3S2/c1-17(2,12-20(3)4)11-19-16(22)13-7-9-21(10-8-13)26(23,24)15-6-5-14(18)25-15/h5-6,13H,7-12H2,1-4H3,(H,19,22). The van der Waals surface area contributed by atoms with Crippen molar-refractivity contribution in [3.63, 3.8) is 0 Å². The minimum absolute atomic E-state index is 0.00421. The lowest BCUT2D eigenvalue weighted by molar-refractivity contribution is -0.126. The Labute approximate surface area is 169 Å². The number of amides is 1. The quantitative estimate of drug-likeness (QED) is 0.671. The number of sulfonamides is 1. The molecule has 1 saturated heterocycles. The third-order valence-electron chi connectivity index (χ3n) is 4.45. The Morgan fingerprint density at radius 2 is 1.96 bits per heavy atom. The summed E-state index contributed by atoms with van der Waals surface area (Å²) in [4.78, 5) is 14.6. The fourth-order valence-corrected chi connectivity index (χ4v) is 6.94. The molecule has 0 saturated carbocycles. The van der Waals surface area contributed by atoms with Crippen molar-refractivity contribution in [3.05, 3.63) is 15.9 Å². The Hall–Kier alpha value is -0.480. The van der Waals surface area contributed by atoms with Gasteiger partial charge in [0, 0.05) is 32.1 Å². The molecule has 0 aromatic carbocycles. The lowest BCUT2D eigenvalue weighted by Crippen LogP contribution is -2.45. The number of rotatable bonds is 7. The Bertz CT molecular complexity index is 723. The first-order chi connectivity index (χ1) is 12.0. The molecule has 1 aromatic heterocycles. The van der Waals surface area contributed by atoms with E-state index in [1.165, 1.54) is 15.6 Å². The van der Waals surface area contributed by atoms with Crippen LogP contribution in [0.4, 0.5) is 0 Å². The van der Waals surface area contributed by atoms with Crippen LogP contribution >= 0.6 is 27.3 Å². The van der Waals surface area contributed by atoms with Gasteiger partial charge >= 0.3 is 0 Å². The van der Waals surface area contributed by atoms with E-state index in [0.29, 0.717) is 36.7 Å². The number of thiophene rings is 1. The number of hydrogen-bond acceptors (Lipinski definition) is 5. The van der Waals surface area contributed by atoms with Crippen LogP contribution in [-0.4, -0.2) is 63.8 Å². The van der Waals surface area contributed by atoms with Crippen LogP contribution in [0.2, 0.25) is 0 Å². The summed E-state index contributed by atoms with van der Waals surface area (Å²) in [7, 11) is 0.585. The molecule has 0 bridgehead atoms. The largest absolute Gasteiger partial charge is 0.355 e. The van der Waals surface area contributed by atoms with E-state index >= 15 is 0 Å². The molecule has 1 aliphatic heterocycles. The van der Waals surface area contributed by atoms with Crippen molar-refractivity contribution in [1.29, 1.82) is 0 Å². The molecule has 2 rings (SSSR count). The second kappa shape index (κ2) is 8.68. The molecule has 9 heteroatoms. The Balaban J connectivity index is 1.87. The molecule has 6 nitrogen and oxygen atoms in total. The molecule has 1 amide bonds. The highest BCUT2D eigenvalue weighted by molar-refractivity contribution is 9.11. The van der Waals surface area contributed by atoms with Crippen molar-refractivity contribution in [2.45, 2.75) is 30.9 Å². The predicted octanol–water partition coefficient (Wildman–Crippen LogP) is 2.62. The summed E-state index contributed by atoms with van der Waals surface area (Å²) in [5.74, 6) is -0.0839. The second-order valence-electron chi connectivity index (χ2n) is 7.86. The van der Waals surface area contributed by atoms with E-state index < -0.39 is 10.0 Å². The first kappa shape index (κ1) is 21.8. The van der Waals surface area contributed by atoms with E-state index in [1.807, 2.05) is 14.1 Å². The van der Waals surface area contributed by atoms with Crippen LogP contribution < -0.4 is 5.32 Å². The van der Waals surface area contributed by atoms with E-state index in [1.54, 1.807) is 12.1 Å². The third kappa shape index (κ3) is 5.76. The average molecular weight is 466 g/mol. The molecule has 0 atom stereocenters. The number of carbonyl (C=O) groups excluding carboxylic acids is 1. The van der Waals surface area contributed by atoms with Crippen molar-refractivity contribution in [2.75, 3.05) is 40.3 Å². The van der Waals surface area contributed by atoms with Crippen LogP contribution in [0.5, 0.6) is 0 Å². The number of piperidine rings is 1. The zero-order chi connectivity index (χ0) is 19.5. The second-order valence-corrected chi connectivity index (χ2v) is 12.5. The minimum atomic E-state index is -3.45. The molecule has 26 heavy (non-hydrogen) atoms. The number of nitrogens with zero attached hydrogens (tertiary/aromatic N) is 2. The number of carbonyl (C=O) groups is 1. The van der Waals surface area contributed by atoms with Gasteiger partial charge < -0.3 is 10.2 Å². The summed E-state index contributed by atoms with van der Waals surface area (Å²) < 4.78 is 27.9. The van der Waals surface area contributed by atoms with Crippen LogP contribution in [0.1, 0.15) is 26.7 Å². The molecule has 0 spiro atoms. The van der Waals surface area contributed by atoms with Crippen molar-refractivity contribution < 1.29 is 13.2 Å². The van der Waals surface area contributed by atoms with Crippen molar-refractivity contribution in [3.8, 4) is 0 Å². The maximum absolute atomic E-state index is 12.6. The monoisotopic (exact) mass is 465 g/mol. The van der Waals surface area contributed by atoms with Crippen LogP contribution in [0.25, 0.3) is 0 Å². The molecule has 0 unspecified atom stereocenters. The van der Waals surface area contributed by atoms with Gasteiger partial charge in [-0.3, -0.25) is 4.79 Å². The van der Waals surface area contributed by atoms with E-state index in [-0.39, 0.29) is 17.2 Å². The van der Waals surface area contributed by atoms with Gasteiger partial charge in [-0.15, -0.1) is 11.3 Å². The van der Waals surface area contributed by atoms with Crippen LogP contribution in [0.3, 0.4) is 0 Å². The topological polar surface area (TPSA) is 69.7 Å². The Morgan fingerprint density at radius 3 is 2.46 bits per heavy atom. The number of nitrogens with one attached hydrogen (secondary N) is 1. The van der Waals surface area contributed by atoms with Crippen molar-refractivity contribution in [1.82, 2.24) is 14.5 Å². The zero-order valence-electron chi connectivity index (χ0n) is 15.8. The zero-order valence-corrected chi connectivity index (χ0v) is 19.0. The van der Waals surface area contributed by atoms with Crippen LogP contribution in [-0.2, 0) is 14.8 Å². The number of halogens is 1. The summed E-state index contributed by atoms with van der Waals surface area (Å²) in [6, 6.07) is 3.36. The molecule has 0 radical (unpaired) electrons. The van der Waals surface area contributed by atoms with Crippen LogP contribution in [0.15, 0.2) is 20.1 Å². The Kier molecular flexibility index (Phi) is 7.29. The van der Waals surface area contributed by atoms with Gasteiger partial charge in [0.05, 0.1) is 3.79 Å². The summed E-state index contributed by atoms with van der Waals surface area (Å²) in [5, 5.41) is 3.05. The molecule has 1 fully saturated rings. The molecular formula is C17H28BrN3O3S2. The van der Waals surface area contributed by atoms with Crippen LogP contribution in [0, 0.1) is 11.3 Å². The maximum atomic E-state index is 12.6.